The third-order valence-electron chi connectivity index (χ3n) is 3.86. The van der Waals surface area contributed by atoms with Crippen LogP contribution in [0.15, 0.2) is 30.3 Å². The molecule has 2 aromatic rings. The molecule has 0 saturated heterocycles. The van der Waals surface area contributed by atoms with E-state index >= 15 is 0 Å². The number of hydrogen-bond donors (Lipinski definition) is 1. The third kappa shape index (κ3) is 3.42. The number of hydrogen-bond acceptors (Lipinski definition) is 3. The summed E-state index contributed by atoms with van der Waals surface area (Å²) in [4.78, 5) is 4.44. The average Bonchev–Trinajstić information content (AvgIpc) is 2.46. The van der Waals surface area contributed by atoms with Crippen LogP contribution in [0.25, 0.3) is 0 Å². The molecule has 0 saturated carbocycles. The van der Waals surface area contributed by atoms with Gasteiger partial charge in [0.1, 0.15) is 5.75 Å². The fourth-order valence-corrected chi connectivity index (χ4v) is 2.41. The van der Waals surface area contributed by atoms with E-state index in [9.17, 15) is 5.11 Å². The summed E-state index contributed by atoms with van der Waals surface area (Å²) in [5.41, 5.74) is 3.81. The van der Waals surface area contributed by atoms with Gasteiger partial charge in [-0.15, -0.1) is 0 Å². The maximum absolute atomic E-state index is 9.57. The fourth-order valence-electron chi connectivity index (χ4n) is 2.41. The van der Waals surface area contributed by atoms with Crippen molar-refractivity contribution in [3.05, 3.63) is 52.7 Å². The van der Waals surface area contributed by atoms with Crippen molar-refractivity contribution in [1.82, 2.24) is 4.98 Å². The number of aliphatic hydroxyl groups excluding tert-OH is 1. The Morgan fingerprint density at radius 3 is 2.62 bits per heavy atom. The smallest absolute Gasteiger partial charge is 0.225 e. The molecule has 3 heteroatoms. The lowest BCUT2D eigenvalue weighted by Gasteiger charge is -2.17. The average molecular weight is 285 g/mol. The van der Waals surface area contributed by atoms with Crippen molar-refractivity contribution < 1.29 is 9.84 Å². The zero-order valence-corrected chi connectivity index (χ0v) is 13.2. The predicted octanol–water partition coefficient (Wildman–Crippen LogP) is 4.50. The van der Waals surface area contributed by atoms with Gasteiger partial charge in [0, 0.05) is 11.3 Å². The van der Waals surface area contributed by atoms with Gasteiger partial charge in [0.25, 0.3) is 0 Å². The lowest BCUT2D eigenvalue weighted by Crippen LogP contribution is -2.02. The van der Waals surface area contributed by atoms with Crippen LogP contribution in [0.2, 0.25) is 0 Å². The van der Waals surface area contributed by atoms with Crippen molar-refractivity contribution in [3.63, 3.8) is 0 Å². The summed E-state index contributed by atoms with van der Waals surface area (Å²) in [5, 5.41) is 9.57. The monoisotopic (exact) mass is 285 g/mol. The Kier molecular flexibility index (Phi) is 4.97. The molecule has 0 spiro atoms. The first-order valence-corrected chi connectivity index (χ1v) is 7.41. The highest BCUT2D eigenvalue weighted by Crippen LogP contribution is 2.33. The molecule has 2 rings (SSSR count). The van der Waals surface area contributed by atoms with Crippen molar-refractivity contribution >= 4 is 0 Å². The molecule has 1 aromatic heterocycles. The van der Waals surface area contributed by atoms with Crippen molar-refractivity contribution in [1.29, 1.82) is 0 Å². The van der Waals surface area contributed by atoms with Crippen LogP contribution in [-0.4, -0.2) is 10.1 Å². The minimum Gasteiger partial charge on any atom is -0.438 e. The predicted molar refractivity (Wildman–Crippen MR) is 84.9 cm³/mol. The largest absolute Gasteiger partial charge is 0.438 e. The fraction of sp³-hybridized carbons (Fsp3) is 0.389. The quantitative estimate of drug-likeness (QED) is 0.879. The lowest BCUT2D eigenvalue weighted by atomic mass is 9.98. The molecule has 0 aliphatic rings. The zero-order valence-electron chi connectivity index (χ0n) is 13.2. The molecule has 0 aliphatic carbocycles. The third-order valence-corrected chi connectivity index (χ3v) is 3.86. The molecule has 3 nitrogen and oxygen atoms in total. The van der Waals surface area contributed by atoms with Crippen LogP contribution < -0.4 is 4.74 Å². The Morgan fingerprint density at radius 2 is 1.95 bits per heavy atom. The van der Waals surface area contributed by atoms with E-state index < -0.39 is 0 Å². The van der Waals surface area contributed by atoms with Gasteiger partial charge in [-0.25, -0.2) is 4.98 Å². The van der Waals surface area contributed by atoms with Crippen LogP contribution >= 0.6 is 0 Å². The molecule has 1 aromatic carbocycles. The van der Waals surface area contributed by atoms with Crippen LogP contribution in [0.4, 0.5) is 0 Å². The van der Waals surface area contributed by atoms with Gasteiger partial charge in [-0.1, -0.05) is 32.0 Å². The minimum atomic E-state index is -0.0695. The van der Waals surface area contributed by atoms with Gasteiger partial charge < -0.3 is 9.84 Å². The molecule has 0 amide bonds. The van der Waals surface area contributed by atoms with E-state index in [0.717, 1.165) is 29.0 Å². The highest BCUT2D eigenvalue weighted by molar-refractivity contribution is 5.42. The standard InChI is InChI=1S/C18H23NO2/c1-5-12(2)15-8-6-7-9-17(15)21-18-16(11-20)13(3)10-14(4)19-18/h6-10,12,20H,5,11H2,1-4H3. The van der Waals surface area contributed by atoms with Gasteiger partial charge in [0.2, 0.25) is 5.88 Å². The van der Waals surface area contributed by atoms with E-state index in [0.29, 0.717) is 11.8 Å². The second-order valence-corrected chi connectivity index (χ2v) is 5.47. The molecule has 1 N–H and O–H groups in total. The van der Waals surface area contributed by atoms with Gasteiger partial charge in [-0.05, 0) is 49.4 Å². The molecular formula is C18H23NO2. The number of para-hydroxylation sites is 1. The van der Waals surface area contributed by atoms with Crippen molar-refractivity contribution in [3.8, 4) is 11.6 Å². The number of aryl methyl sites for hydroxylation is 2. The highest BCUT2D eigenvalue weighted by atomic mass is 16.5. The molecule has 0 radical (unpaired) electrons. The molecule has 1 atom stereocenters. The van der Waals surface area contributed by atoms with Crippen molar-refractivity contribution in [2.75, 3.05) is 0 Å². The number of aromatic nitrogens is 1. The van der Waals surface area contributed by atoms with Crippen LogP contribution in [0.1, 0.15) is 48.6 Å². The molecule has 0 bridgehead atoms. The molecular weight excluding hydrogens is 262 g/mol. The Morgan fingerprint density at radius 1 is 1.24 bits per heavy atom. The zero-order chi connectivity index (χ0) is 15.4. The number of aliphatic hydroxyl groups is 1. The highest BCUT2D eigenvalue weighted by Gasteiger charge is 2.14. The van der Waals surface area contributed by atoms with Crippen LogP contribution in [0, 0.1) is 13.8 Å². The number of pyridine rings is 1. The normalized spacial score (nSPS) is 12.2. The molecule has 21 heavy (non-hydrogen) atoms. The molecule has 0 fully saturated rings. The first-order valence-electron chi connectivity index (χ1n) is 7.41. The molecule has 112 valence electrons. The Balaban J connectivity index is 2.43. The van der Waals surface area contributed by atoms with E-state index in [4.69, 9.17) is 4.74 Å². The summed E-state index contributed by atoms with van der Waals surface area (Å²) in [6, 6.07) is 9.99. The molecule has 1 heterocycles. The van der Waals surface area contributed by atoms with Crippen LogP contribution in [-0.2, 0) is 6.61 Å². The second-order valence-electron chi connectivity index (χ2n) is 5.47. The van der Waals surface area contributed by atoms with E-state index in [2.05, 4.69) is 24.9 Å². The van der Waals surface area contributed by atoms with Crippen molar-refractivity contribution in [2.24, 2.45) is 0 Å². The minimum absolute atomic E-state index is 0.0695. The van der Waals surface area contributed by atoms with Crippen molar-refractivity contribution in [2.45, 2.75) is 46.6 Å². The maximum atomic E-state index is 9.57. The SMILES string of the molecule is CCC(C)c1ccccc1Oc1nc(C)cc(C)c1CO. The maximum Gasteiger partial charge on any atom is 0.225 e. The molecule has 0 aliphatic heterocycles. The van der Waals surface area contributed by atoms with Crippen LogP contribution in [0.3, 0.4) is 0 Å². The van der Waals surface area contributed by atoms with E-state index in [1.165, 1.54) is 5.56 Å². The summed E-state index contributed by atoms with van der Waals surface area (Å²) in [6.45, 7) is 8.18. The number of nitrogens with zero attached hydrogens (tertiary/aromatic N) is 1. The Hall–Kier alpha value is -1.87. The van der Waals surface area contributed by atoms with Gasteiger partial charge >= 0.3 is 0 Å². The number of rotatable bonds is 5. The summed E-state index contributed by atoms with van der Waals surface area (Å²) < 4.78 is 6.05. The van der Waals surface area contributed by atoms with E-state index in [-0.39, 0.29) is 6.61 Å². The summed E-state index contributed by atoms with van der Waals surface area (Å²) in [7, 11) is 0. The van der Waals surface area contributed by atoms with E-state index in [1.54, 1.807) is 0 Å². The first-order chi connectivity index (χ1) is 10.1. The topological polar surface area (TPSA) is 42.4 Å². The summed E-state index contributed by atoms with van der Waals surface area (Å²) in [6.07, 6.45) is 1.05. The van der Waals surface area contributed by atoms with Gasteiger partial charge in [-0.2, -0.15) is 0 Å². The number of benzene rings is 1. The van der Waals surface area contributed by atoms with Crippen LogP contribution in [0.5, 0.6) is 11.6 Å². The lowest BCUT2D eigenvalue weighted by molar-refractivity contribution is 0.273. The summed E-state index contributed by atoms with van der Waals surface area (Å²) >= 11 is 0. The van der Waals surface area contributed by atoms with E-state index in [1.807, 2.05) is 38.1 Å². The van der Waals surface area contributed by atoms with Gasteiger partial charge in [0.15, 0.2) is 0 Å². The first kappa shape index (κ1) is 15.5. The second kappa shape index (κ2) is 6.72. The summed E-state index contributed by atoms with van der Waals surface area (Å²) in [5.74, 6) is 1.74. The van der Waals surface area contributed by atoms with Gasteiger partial charge in [0.05, 0.1) is 6.61 Å². The Labute approximate surface area is 126 Å². The van der Waals surface area contributed by atoms with Gasteiger partial charge in [-0.3, -0.25) is 0 Å². The number of ether oxygens (including phenoxy) is 1. The molecule has 1 unspecified atom stereocenters. The Bertz CT molecular complexity index is 623.